The predicted octanol–water partition coefficient (Wildman–Crippen LogP) is 1.59. The van der Waals surface area contributed by atoms with Crippen molar-refractivity contribution in [1.82, 2.24) is 20.1 Å². The van der Waals surface area contributed by atoms with E-state index in [-0.39, 0.29) is 17.9 Å². The first-order valence-corrected chi connectivity index (χ1v) is 7.99. The van der Waals surface area contributed by atoms with Crippen LogP contribution >= 0.6 is 0 Å². The Morgan fingerprint density at radius 2 is 2.17 bits per heavy atom. The van der Waals surface area contributed by atoms with Crippen LogP contribution in [0.3, 0.4) is 0 Å². The van der Waals surface area contributed by atoms with E-state index in [0.29, 0.717) is 18.8 Å². The largest absolute Gasteiger partial charge is 0.379 e. The molecule has 1 saturated heterocycles. The fraction of sp³-hybridized carbons (Fsp3) is 0.471. The molecule has 1 amide bonds. The molecular formula is C17H22N4O2. The number of pyridine rings is 1. The van der Waals surface area contributed by atoms with E-state index < -0.39 is 0 Å². The first kappa shape index (κ1) is 15.7. The number of hydrogen-bond acceptors (Lipinski definition) is 4. The molecule has 0 radical (unpaired) electrons. The SMILES string of the molecule is CCn1ncc(C(=O)NC2COCC2Cc2ccncc2)c1C. The van der Waals surface area contributed by atoms with Gasteiger partial charge in [-0.05, 0) is 38.0 Å². The summed E-state index contributed by atoms with van der Waals surface area (Å²) in [5.41, 5.74) is 2.75. The fourth-order valence-corrected chi connectivity index (χ4v) is 3.02. The van der Waals surface area contributed by atoms with Gasteiger partial charge in [0.25, 0.3) is 5.91 Å². The lowest BCUT2D eigenvalue weighted by Crippen LogP contribution is -2.40. The third kappa shape index (κ3) is 3.42. The summed E-state index contributed by atoms with van der Waals surface area (Å²) in [4.78, 5) is 16.6. The molecule has 2 aromatic heterocycles. The van der Waals surface area contributed by atoms with Crippen LogP contribution in [0.1, 0.15) is 28.5 Å². The van der Waals surface area contributed by atoms with Crippen LogP contribution in [0.25, 0.3) is 0 Å². The van der Waals surface area contributed by atoms with Gasteiger partial charge in [-0.25, -0.2) is 0 Å². The highest BCUT2D eigenvalue weighted by atomic mass is 16.5. The van der Waals surface area contributed by atoms with Crippen LogP contribution in [0, 0.1) is 12.8 Å². The zero-order chi connectivity index (χ0) is 16.2. The zero-order valence-corrected chi connectivity index (χ0v) is 13.5. The van der Waals surface area contributed by atoms with Gasteiger partial charge in [0.15, 0.2) is 0 Å². The summed E-state index contributed by atoms with van der Waals surface area (Å²) in [5, 5.41) is 7.35. The van der Waals surface area contributed by atoms with Crippen molar-refractivity contribution < 1.29 is 9.53 Å². The normalized spacial score (nSPS) is 20.6. The second kappa shape index (κ2) is 6.91. The molecule has 2 unspecified atom stereocenters. The summed E-state index contributed by atoms with van der Waals surface area (Å²) in [6.07, 6.45) is 6.10. The van der Waals surface area contributed by atoms with Crippen molar-refractivity contribution in [3.05, 3.63) is 47.5 Å². The molecule has 23 heavy (non-hydrogen) atoms. The minimum atomic E-state index is -0.0718. The van der Waals surface area contributed by atoms with Crippen molar-refractivity contribution in [2.75, 3.05) is 13.2 Å². The van der Waals surface area contributed by atoms with Gasteiger partial charge in [-0.15, -0.1) is 0 Å². The smallest absolute Gasteiger partial charge is 0.255 e. The molecule has 1 aliphatic rings. The van der Waals surface area contributed by atoms with Gasteiger partial charge in [-0.2, -0.15) is 5.10 Å². The molecule has 1 aliphatic heterocycles. The summed E-state index contributed by atoms with van der Waals surface area (Å²) < 4.78 is 7.41. The van der Waals surface area contributed by atoms with Gasteiger partial charge in [0.1, 0.15) is 0 Å². The number of carbonyl (C=O) groups is 1. The summed E-state index contributed by atoms with van der Waals surface area (Å²) in [6, 6.07) is 4.04. The molecule has 2 aromatic rings. The van der Waals surface area contributed by atoms with Crippen molar-refractivity contribution in [2.45, 2.75) is 32.9 Å². The minimum absolute atomic E-state index is 0.0278. The molecule has 1 fully saturated rings. The Bertz CT molecular complexity index is 668. The minimum Gasteiger partial charge on any atom is -0.379 e. The molecule has 1 N–H and O–H groups in total. The third-order valence-corrected chi connectivity index (χ3v) is 4.41. The van der Waals surface area contributed by atoms with Crippen LogP contribution < -0.4 is 5.32 Å². The van der Waals surface area contributed by atoms with E-state index in [2.05, 4.69) is 15.4 Å². The van der Waals surface area contributed by atoms with Crippen molar-refractivity contribution in [1.29, 1.82) is 0 Å². The zero-order valence-electron chi connectivity index (χ0n) is 13.5. The van der Waals surface area contributed by atoms with Crippen LogP contribution in [-0.4, -0.2) is 39.9 Å². The van der Waals surface area contributed by atoms with Gasteiger partial charge in [0.05, 0.1) is 31.0 Å². The quantitative estimate of drug-likeness (QED) is 0.910. The fourth-order valence-electron chi connectivity index (χ4n) is 3.02. The topological polar surface area (TPSA) is 69.0 Å². The van der Waals surface area contributed by atoms with E-state index in [1.165, 1.54) is 5.56 Å². The Kier molecular flexibility index (Phi) is 4.71. The summed E-state index contributed by atoms with van der Waals surface area (Å²) in [7, 11) is 0. The van der Waals surface area contributed by atoms with E-state index in [4.69, 9.17) is 4.74 Å². The molecule has 0 saturated carbocycles. The number of amides is 1. The standard InChI is InChI=1S/C17H22N4O2/c1-3-21-12(2)15(9-19-21)17(22)20-16-11-23-10-14(16)8-13-4-6-18-7-5-13/h4-7,9,14,16H,3,8,10-11H2,1-2H3,(H,20,22). The first-order valence-electron chi connectivity index (χ1n) is 7.99. The second-order valence-electron chi connectivity index (χ2n) is 5.90. The number of aryl methyl sites for hydroxylation is 1. The third-order valence-electron chi connectivity index (χ3n) is 4.41. The van der Waals surface area contributed by atoms with E-state index in [0.717, 1.165) is 18.7 Å². The first-order chi connectivity index (χ1) is 11.2. The Labute approximate surface area is 135 Å². The number of rotatable bonds is 5. The van der Waals surface area contributed by atoms with Crippen LogP contribution in [0.4, 0.5) is 0 Å². The van der Waals surface area contributed by atoms with Gasteiger partial charge in [-0.3, -0.25) is 14.5 Å². The predicted molar refractivity (Wildman–Crippen MR) is 86.1 cm³/mol. The van der Waals surface area contributed by atoms with Crippen molar-refractivity contribution >= 4 is 5.91 Å². The molecule has 122 valence electrons. The molecule has 3 rings (SSSR count). The molecule has 0 aliphatic carbocycles. The monoisotopic (exact) mass is 314 g/mol. The molecule has 0 aromatic carbocycles. The molecule has 6 nitrogen and oxygen atoms in total. The number of carbonyl (C=O) groups excluding carboxylic acids is 1. The lowest BCUT2D eigenvalue weighted by atomic mass is 9.95. The maximum absolute atomic E-state index is 12.5. The average Bonchev–Trinajstić information content (AvgIpc) is 3.15. The van der Waals surface area contributed by atoms with Crippen LogP contribution in [0.5, 0.6) is 0 Å². The molecule has 6 heteroatoms. The number of ether oxygens (including phenoxy) is 1. The number of aromatic nitrogens is 3. The molecule has 0 spiro atoms. The van der Waals surface area contributed by atoms with E-state index in [1.54, 1.807) is 18.6 Å². The van der Waals surface area contributed by atoms with Crippen LogP contribution in [0.2, 0.25) is 0 Å². The lowest BCUT2D eigenvalue weighted by molar-refractivity contribution is 0.0924. The van der Waals surface area contributed by atoms with Gasteiger partial charge in [0, 0.05) is 30.6 Å². The molecule has 2 atom stereocenters. The summed E-state index contributed by atoms with van der Waals surface area (Å²) in [5.74, 6) is 0.209. The summed E-state index contributed by atoms with van der Waals surface area (Å²) in [6.45, 7) is 5.92. The Morgan fingerprint density at radius 3 is 2.87 bits per heavy atom. The van der Waals surface area contributed by atoms with Gasteiger partial charge < -0.3 is 10.1 Å². The van der Waals surface area contributed by atoms with Crippen LogP contribution in [-0.2, 0) is 17.7 Å². The lowest BCUT2D eigenvalue weighted by Gasteiger charge is -2.19. The molecule has 0 bridgehead atoms. The highest BCUT2D eigenvalue weighted by Gasteiger charge is 2.30. The molecule has 3 heterocycles. The van der Waals surface area contributed by atoms with Crippen molar-refractivity contribution in [3.8, 4) is 0 Å². The van der Waals surface area contributed by atoms with Crippen molar-refractivity contribution in [3.63, 3.8) is 0 Å². The molecular weight excluding hydrogens is 292 g/mol. The number of hydrogen-bond donors (Lipinski definition) is 1. The van der Waals surface area contributed by atoms with Gasteiger partial charge in [0.2, 0.25) is 0 Å². The van der Waals surface area contributed by atoms with E-state index >= 15 is 0 Å². The maximum Gasteiger partial charge on any atom is 0.255 e. The maximum atomic E-state index is 12.5. The van der Waals surface area contributed by atoms with Crippen LogP contribution in [0.15, 0.2) is 30.7 Å². The Morgan fingerprint density at radius 1 is 1.39 bits per heavy atom. The van der Waals surface area contributed by atoms with Crippen molar-refractivity contribution in [2.24, 2.45) is 5.92 Å². The highest BCUT2D eigenvalue weighted by molar-refractivity contribution is 5.95. The number of nitrogens with zero attached hydrogens (tertiary/aromatic N) is 3. The van der Waals surface area contributed by atoms with Gasteiger partial charge >= 0.3 is 0 Å². The Balaban J connectivity index is 1.66. The average molecular weight is 314 g/mol. The van der Waals surface area contributed by atoms with E-state index in [1.807, 2.05) is 30.7 Å². The number of nitrogens with one attached hydrogen (secondary N) is 1. The second-order valence-corrected chi connectivity index (χ2v) is 5.90. The highest BCUT2D eigenvalue weighted by Crippen LogP contribution is 2.20. The van der Waals surface area contributed by atoms with Gasteiger partial charge in [-0.1, -0.05) is 0 Å². The summed E-state index contributed by atoms with van der Waals surface area (Å²) >= 11 is 0. The van der Waals surface area contributed by atoms with E-state index in [9.17, 15) is 4.79 Å². The Hall–Kier alpha value is -2.21.